The summed E-state index contributed by atoms with van der Waals surface area (Å²) in [6.07, 6.45) is 2.99. The second-order valence-electron chi connectivity index (χ2n) is 9.41. The fourth-order valence-electron chi connectivity index (χ4n) is 4.79. The average molecular weight is 540 g/mol. The van der Waals surface area contributed by atoms with Gasteiger partial charge in [0, 0.05) is 43.7 Å². The number of hydrogen-bond acceptors (Lipinski definition) is 5. The molecule has 12 heteroatoms. The summed E-state index contributed by atoms with van der Waals surface area (Å²) < 4.78 is 49.8. The van der Waals surface area contributed by atoms with Crippen LogP contribution in [0.4, 0.5) is 18.9 Å². The summed E-state index contributed by atoms with van der Waals surface area (Å²) in [7, 11) is 2.91. The van der Waals surface area contributed by atoms with Gasteiger partial charge in [0.15, 0.2) is 11.6 Å². The van der Waals surface area contributed by atoms with Gasteiger partial charge < -0.3 is 19.5 Å². The van der Waals surface area contributed by atoms with Gasteiger partial charge in [-0.1, -0.05) is 6.07 Å². The predicted octanol–water partition coefficient (Wildman–Crippen LogP) is 3.49. The SMILES string of the molecule is COc1cc([C@@H]2[C@@H](NC(=O)C(C)(F)F)CC(=O)N2c2ccc3c(cnn3-c3ccc(=O)n(C)c3)c2)ccc1F. The highest BCUT2D eigenvalue weighted by Gasteiger charge is 2.45. The molecule has 4 aromatic rings. The molecule has 1 N–H and O–H groups in total. The van der Waals surface area contributed by atoms with Crippen molar-refractivity contribution in [2.24, 2.45) is 7.05 Å². The molecular weight excluding hydrogens is 515 g/mol. The molecule has 0 spiro atoms. The molecule has 3 heterocycles. The highest BCUT2D eigenvalue weighted by molar-refractivity contribution is 6.00. The third-order valence-corrected chi connectivity index (χ3v) is 6.70. The number of benzene rings is 2. The van der Waals surface area contributed by atoms with Crippen molar-refractivity contribution in [1.82, 2.24) is 19.7 Å². The van der Waals surface area contributed by atoms with Crippen LogP contribution in [0.5, 0.6) is 5.75 Å². The minimum absolute atomic E-state index is 0.0910. The molecule has 0 aliphatic carbocycles. The van der Waals surface area contributed by atoms with Crippen LogP contribution in [0.2, 0.25) is 0 Å². The van der Waals surface area contributed by atoms with E-state index in [2.05, 4.69) is 10.4 Å². The number of halogens is 3. The molecule has 9 nitrogen and oxygen atoms in total. The fraction of sp³-hybridized carbons (Fsp3) is 0.259. The smallest absolute Gasteiger partial charge is 0.321 e. The van der Waals surface area contributed by atoms with E-state index in [-0.39, 0.29) is 17.7 Å². The predicted molar refractivity (Wildman–Crippen MR) is 137 cm³/mol. The van der Waals surface area contributed by atoms with E-state index < -0.39 is 35.6 Å². The number of alkyl halides is 2. The highest BCUT2D eigenvalue weighted by atomic mass is 19.3. The van der Waals surface area contributed by atoms with Gasteiger partial charge in [-0.15, -0.1) is 0 Å². The van der Waals surface area contributed by atoms with Gasteiger partial charge in [-0.2, -0.15) is 13.9 Å². The number of aromatic nitrogens is 3. The van der Waals surface area contributed by atoms with E-state index in [1.165, 1.54) is 34.8 Å². The monoisotopic (exact) mass is 539 g/mol. The van der Waals surface area contributed by atoms with Crippen LogP contribution in [-0.2, 0) is 16.6 Å². The number of nitrogens with one attached hydrogen (secondary N) is 1. The first-order valence-corrected chi connectivity index (χ1v) is 12.0. The van der Waals surface area contributed by atoms with E-state index in [4.69, 9.17) is 4.74 Å². The molecule has 2 atom stereocenters. The Balaban J connectivity index is 1.58. The number of nitrogens with zero attached hydrogens (tertiary/aromatic N) is 4. The van der Waals surface area contributed by atoms with Crippen LogP contribution in [0.15, 0.2) is 65.7 Å². The zero-order valence-electron chi connectivity index (χ0n) is 21.2. The van der Waals surface area contributed by atoms with Crippen LogP contribution >= 0.6 is 0 Å². The maximum Gasteiger partial charge on any atom is 0.321 e. The molecule has 1 aliphatic rings. The Morgan fingerprint density at radius 3 is 2.54 bits per heavy atom. The normalized spacial score (nSPS) is 17.6. The van der Waals surface area contributed by atoms with E-state index in [0.717, 1.165) is 6.07 Å². The first-order valence-electron chi connectivity index (χ1n) is 12.0. The zero-order chi connectivity index (χ0) is 28.1. The number of carbonyl (C=O) groups excluding carboxylic acids is 2. The molecule has 39 heavy (non-hydrogen) atoms. The summed E-state index contributed by atoms with van der Waals surface area (Å²) in [5.74, 6) is -6.32. The molecule has 1 saturated heterocycles. The molecule has 0 bridgehead atoms. The summed E-state index contributed by atoms with van der Waals surface area (Å²) in [5.41, 5.74) is 2.00. The lowest BCUT2D eigenvalue weighted by Gasteiger charge is -2.30. The first kappa shape index (κ1) is 26.0. The lowest BCUT2D eigenvalue weighted by molar-refractivity contribution is -0.143. The van der Waals surface area contributed by atoms with Crippen molar-refractivity contribution in [3.63, 3.8) is 0 Å². The van der Waals surface area contributed by atoms with Gasteiger partial charge in [-0.25, -0.2) is 9.07 Å². The molecule has 0 saturated carbocycles. The van der Waals surface area contributed by atoms with Gasteiger partial charge >= 0.3 is 5.92 Å². The Labute approximate surface area is 220 Å². The largest absolute Gasteiger partial charge is 0.494 e. The number of amides is 2. The fourth-order valence-corrected chi connectivity index (χ4v) is 4.79. The Kier molecular flexibility index (Phi) is 6.41. The van der Waals surface area contributed by atoms with Crippen LogP contribution in [0.3, 0.4) is 0 Å². The van der Waals surface area contributed by atoms with Crippen molar-refractivity contribution in [2.75, 3.05) is 12.0 Å². The summed E-state index contributed by atoms with van der Waals surface area (Å²) in [5, 5.41) is 7.37. The maximum absolute atomic E-state index is 14.2. The van der Waals surface area contributed by atoms with Crippen LogP contribution in [0.1, 0.15) is 24.9 Å². The van der Waals surface area contributed by atoms with Crippen molar-refractivity contribution >= 4 is 28.4 Å². The molecular formula is C27H24F3N5O4. The second kappa shape index (κ2) is 9.61. The van der Waals surface area contributed by atoms with Crippen LogP contribution in [0, 0.1) is 5.82 Å². The molecule has 5 rings (SSSR count). The number of anilines is 1. The number of rotatable bonds is 6. The number of aryl methyl sites for hydroxylation is 1. The van der Waals surface area contributed by atoms with Gasteiger partial charge in [-0.05, 0) is 42.0 Å². The number of fused-ring (bicyclic) bond motifs is 1. The van der Waals surface area contributed by atoms with Gasteiger partial charge in [0.25, 0.3) is 5.91 Å². The van der Waals surface area contributed by atoms with E-state index >= 15 is 0 Å². The third kappa shape index (κ3) is 4.73. The third-order valence-electron chi connectivity index (χ3n) is 6.70. The average Bonchev–Trinajstić information content (AvgIpc) is 3.45. The lowest BCUT2D eigenvalue weighted by atomic mass is 9.98. The minimum atomic E-state index is -3.66. The zero-order valence-corrected chi connectivity index (χ0v) is 21.2. The molecule has 1 aliphatic heterocycles. The molecule has 0 unspecified atom stereocenters. The van der Waals surface area contributed by atoms with E-state index in [1.54, 1.807) is 48.4 Å². The Morgan fingerprint density at radius 1 is 1.10 bits per heavy atom. The number of ether oxygens (including phenoxy) is 1. The molecule has 2 aromatic heterocycles. The minimum Gasteiger partial charge on any atom is -0.494 e. The molecule has 2 aromatic carbocycles. The number of hydrogen-bond donors (Lipinski definition) is 1. The van der Waals surface area contributed by atoms with Gasteiger partial charge in [0.05, 0.1) is 36.6 Å². The van der Waals surface area contributed by atoms with Crippen LogP contribution in [-0.4, -0.2) is 45.2 Å². The van der Waals surface area contributed by atoms with E-state index in [1.807, 2.05) is 0 Å². The number of methoxy groups -OCH3 is 1. The quantitative estimate of drug-likeness (QED) is 0.405. The first-order chi connectivity index (χ1) is 18.5. The highest BCUT2D eigenvalue weighted by Crippen LogP contribution is 2.40. The molecule has 1 fully saturated rings. The van der Waals surface area contributed by atoms with Crippen molar-refractivity contribution in [1.29, 1.82) is 0 Å². The van der Waals surface area contributed by atoms with Gasteiger partial charge in [0.2, 0.25) is 11.5 Å². The van der Waals surface area contributed by atoms with Crippen molar-refractivity contribution in [3.8, 4) is 11.4 Å². The second-order valence-corrected chi connectivity index (χ2v) is 9.41. The van der Waals surface area contributed by atoms with Crippen LogP contribution in [0.25, 0.3) is 16.6 Å². The lowest BCUT2D eigenvalue weighted by Crippen LogP contribution is -2.46. The summed E-state index contributed by atoms with van der Waals surface area (Å²) in [6, 6.07) is 10.2. The summed E-state index contributed by atoms with van der Waals surface area (Å²) in [6.45, 7) is 0.475. The Bertz CT molecular complexity index is 1660. The molecule has 0 radical (unpaired) electrons. The Hall–Kier alpha value is -4.61. The standard InChI is InChI=1S/C27H24F3N5O4/c1-27(29,30)26(38)32-20-12-24(37)34(25(20)15-4-7-19(28)22(11-15)39-3)17-5-8-21-16(10-17)13-31-35(21)18-6-9-23(36)33(2)14-18/h4-11,13-14,20,25H,12H2,1-3H3,(H,32,38)/t20-,25+/m0/s1. The number of pyridine rings is 1. The topological polar surface area (TPSA) is 98.5 Å². The van der Waals surface area contributed by atoms with E-state index in [9.17, 15) is 27.6 Å². The van der Waals surface area contributed by atoms with Gasteiger partial charge in [0.1, 0.15) is 0 Å². The molecule has 202 valence electrons. The van der Waals surface area contributed by atoms with Crippen molar-refractivity contribution < 1.29 is 27.5 Å². The van der Waals surface area contributed by atoms with E-state index in [0.29, 0.717) is 34.8 Å². The maximum atomic E-state index is 14.2. The summed E-state index contributed by atoms with van der Waals surface area (Å²) in [4.78, 5) is 38.6. The number of carbonyl (C=O) groups is 2. The van der Waals surface area contributed by atoms with Crippen molar-refractivity contribution in [3.05, 3.63) is 82.7 Å². The summed E-state index contributed by atoms with van der Waals surface area (Å²) >= 11 is 0. The van der Waals surface area contributed by atoms with Crippen LogP contribution < -0.4 is 20.5 Å². The molecule has 2 amide bonds. The van der Waals surface area contributed by atoms with Gasteiger partial charge in [-0.3, -0.25) is 14.4 Å². The Morgan fingerprint density at radius 2 is 1.85 bits per heavy atom. The van der Waals surface area contributed by atoms with Crippen molar-refractivity contribution in [2.45, 2.75) is 31.4 Å².